The molecule has 2 amide bonds. The number of rotatable bonds is 5. The van der Waals surface area contributed by atoms with Gasteiger partial charge in [-0.25, -0.2) is 0 Å². The third kappa shape index (κ3) is 4.09. The molecule has 2 aliphatic heterocycles. The molecule has 1 aromatic rings. The van der Waals surface area contributed by atoms with Crippen LogP contribution in [0.3, 0.4) is 0 Å². The van der Waals surface area contributed by atoms with Crippen LogP contribution in [0.5, 0.6) is 5.75 Å². The zero-order valence-corrected chi connectivity index (χ0v) is 15.4. The predicted octanol–water partition coefficient (Wildman–Crippen LogP) is 3.36. The van der Waals surface area contributed by atoms with Crippen LogP contribution < -0.4 is 4.74 Å². The molecule has 0 bridgehead atoms. The first-order valence-corrected chi connectivity index (χ1v) is 9.40. The number of benzene rings is 1. The highest BCUT2D eigenvalue weighted by molar-refractivity contribution is 6.32. The molecule has 136 valence electrons. The van der Waals surface area contributed by atoms with Crippen molar-refractivity contribution in [2.45, 2.75) is 44.6 Å². The van der Waals surface area contributed by atoms with E-state index in [1.54, 1.807) is 25.3 Å². The molecule has 0 aromatic heterocycles. The van der Waals surface area contributed by atoms with Crippen molar-refractivity contribution in [3.05, 3.63) is 28.8 Å². The minimum Gasteiger partial charge on any atom is -0.495 e. The summed E-state index contributed by atoms with van der Waals surface area (Å²) in [7, 11) is 1.56. The molecule has 2 fully saturated rings. The van der Waals surface area contributed by atoms with Crippen LogP contribution in [0.4, 0.5) is 0 Å². The molecule has 25 heavy (non-hydrogen) atoms. The Labute approximate surface area is 153 Å². The lowest BCUT2D eigenvalue weighted by Crippen LogP contribution is -2.45. The van der Waals surface area contributed by atoms with Gasteiger partial charge >= 0.3 is 0 Å². The Hall–Kier alpha value is -1.75. The van der Waals surface area contributed by atoms with Gasteiger partial charge < -0.3 is 14.5 Å². The van der Waals surface area contributed by atoms with Gasteiger partial charge in [0, 0.05) is 37.7 Å². The number of methoxy groups -OCH3 is 1. The Morgan fingerprint density at radius 3 is 2.80 bits per heavy atom. The summed E-state index contributed by atoms with van der Waals surface area (Å²) in [5.41, 5.74) is 0.593. The summed E-state index contributed by atoms with van der Waals surface area (Å²) in [4.78, 5) is 28.7. The summed E-state index contributed by atoms with van der Waals surface area (Å²) in [5, 5.41) is 0.449. The number of carbonyl (C=O) groups is 2. The second-order valence-corrected chi connectivity index (χ2v) is 7.18. The van der Waals surface area contributed by atoms with Crippen molar-refractivity contribution in [3.63, 3.8) is 0 Å². The van der Waals surface area contributed by atoms with Gasteiger partial charge in [-0.15, -0.1) is 0 Å². The molecule has 3 rings (SSSR count). The van der Waals surface area contributed by atoms with Crippen molar-refractivity contribution in [2.75, 3.05) is 26.7 Å². The number of ether oxygens (including phenoxy) is 1. The maximum Gasteiger partial charge on any atom is 0.254 e. The largest absolute Gasteiger partial charge is 0.495 e. The Bertz CT molecular complexity index is 650. The highest BCUT2D eigenvalue weighted by Crippen LogP contribution is 2.28. The van der Waals surface area contributed by atoms with E-state index in [1.165, 1.54) is 0 Å². The van der Waals surface area contributed by atoms with E-state index in [0.717, 1.165) is 51.7 Å². The molecular formula is C19H25ClN2O3. The number of carbonyl (C=O) groups excluding carboxylic acids is 2. The van der Waals surface area contributed by atoms with Crippen LogP contribution in [0.2, 0.25) is 5.02 Å². The van der Waals surface area contributed by atoms with Crippen LogP contribution in [0, 0.1) is 0 Å². The van der Waals surface area contributed by atoms with E-state index in [9.17, 15) is 9.59 Å². The maximum absolute atomic E-state index is 13.0. The highest BCUT2D eigenvalue weighted by Gasteiger charge is 2.29. The molecule has 1 atom stereocenters. The van der Waals surface area contributed by atoms with Crippen LogP contribution in [-0.2, 0) is 4.79 Å². The lowest BCUT2D eigenvalue weighted by molar-refractivity contribution is -0.127. The Morgan fingerprint density at radius 1 is 1.28 bits per heavy atom. The molecule has 2 aliphatic rings. The summed E-state index contributed by atoms with van der Waals surface area (Å²) >= 11 is 6.17. The average molecular weight is 365 g/mol. The number of likely N-dealkylation sites (tertiary alicyclic amines) is 2. The van der Waals surface area contributed by atoms with Gasteiger partial charge in [-0.1, -0.05) is 11.6 Å². The van der Waals surface area contributed by atoms with E-state index in [0.29, 0.717) is 22.8 Å². The summed E-state index contributed by atoms with van der Waals surface area (Å²) < 4.78 is 5.16. The topological polar surface area (TPSA) is 49.9 Å². The summed E-state index contributed by atoms with van der Waals surface area (Å²) in [6.45, 7) is 2.37. The van der Waals surface area contributed by atoms with E-state index < -0.39 is 0 Å². The van der Waals surface area contributed by atoms with E-state index in [-0.39, 0.29) is 17.9 Å². The molecule has 1 aromatic carbocycles. The van der Waals surface area contributed by atoms with E-state index >= 15 is 0 Å². The van der Waals surface area contributed by atoms with Crippen LogP contribution in [-0.4, -0.2) is 54.4 Å². The van der Waals surface area contributed by atoms with E-state index in [1.807, 2.05) is 9.80 Å². The van der Waals surface area contributed by atoms with Gasteiger partial charge in [0.1, 0.15) is 5.75 Å². The average Bonchev–Trinajstić information content (AvgIpc) is 3.04. The Morgan fingerprint density at radius 2 is 2.12 bits per heavy atom. The lowest BCUT2D eigenvalue weighted by Gasteiger charge is -2.36. The van der Waals surface area contributed by atoms with Crippen molar-refractivity contribution < 1.29 is 14.3 Å². The molecule has 0 unspecified atom stereocenters. The number of hydrogen-bond donors (Lipinski definition) is 0. The quantitative estimate of drug-likeness (QED) is 0.805. The van der Waals surface area contributed by atoms with Gasteiger partial charge in [-0.2, -0.15) is 0 Å². The molecule has 0 saturated carbocycles. The number of piperidine rings is 1. The van der Waals surface area contributed by atoms with E-state index in [2.05, 4.69) is 0 Å². The van der Waals surface area contributed by atoms with Gasteiger partial charge in [0.25, 0.3) is 5.91 Å². The first-order valence-electron chi connectivity index (χ1n) is 9.02. The molecule has 5 nitrogen and oxygen atoms in total. The number of hydrogen-bond acceptors (Lipinski definition) is 3. The minimum atomic E-state index is 0.0157. The highest BCUT2D eigenvalue weighted by atomic mass is 35.5. The van der Waals surface area contributed by atoms with Crippen LogP contribution in [0.15, 0.2) is 18.2 Å². The molecule has 2 saturated heterocycles. The molecule has 2 heterocycles. The fourth-order valence-corrected chi connectivity index (χ4v) is 4.04. The van der Waals surface area contributed by atoms with Crippen molar-refractivity contribution in [3.8, 4) is 5.75 Å². The molecule has 0 spiro atoms. The molecule has 0 aliphatic carbocycles. The van der Waals surface area contributed by atoms with Crippen molar-refractivity contribution in [2.24, 2.45) is 0 Å². The van der Waals surface area contributed by atoms with Crippen molar-refractivity contribution >= 4 is 23.4 Å². The molecule has 6 heteroatoms. The number of nitrogens with zero attached hydrogens (tertiary/aromatic N) is 2. The predicted molar refractivity (Wildman–Crippen MR) is 97.1 cm³/mol. The van der Waals surface area contributed by atoms with Gasteiger partial charge in [-0.05, 0) is 50.3 Å². The molecule has 0 N–H and O–H groups in total. The van der Waals surface area contributed by atoms with Crippen LogP contribution >= 0.6 is 11.6 Å². The van der Waals surface area contributed by atoms with Gasteiger partial charge in [-0.3, -0.25) is 9.59 Å². The summed E-state index contributed by atoms with van der Waals surface area (Å²) in [5.74, 6) is 0.832. The Kier molecular flexibility index (Phi) is 5.84. The monoisotopic (exact) mass is 364 g/mol. The fourth-order valence-electron chi connectivity index (χ4n) is 3.78. The van der Waals surface area contributed by atoms with Crippen LogP contribution in [0.1, 0.15) is 48.9 Å². The lowest BCUT2D eigenvalue weighted by atomic mass is 9.98. The minimum absolute atomic E-state index is 0.0157. The number of halogens is 1. The SMILES string of the molecule is COc1ccc(C(=O)N2CCCC[C@@H]2CCN2CCCC2=O)cc1Cl. The second-order valence-electron chi connectivity index (χ2n) is 6.77. The zero-order valence-electron chi connectivity index (χ0n) is 14.7. The second kappa shape index (κ2) is 8.09. The smallest absolute Gasteiger partial charge is 0.254 e. The Balaban J connectivity index is 1.68. The zero-order chi connectivity index (χ0) is 17.8. The number of amides is 2. The van der Waals surface area contributed by atoms with Crippen molar-refractivity contribution in [1.82, 2.24) is 9.80 Å². The van der Waals surface area contributed by atoms with Gasteiger partial charge in [0.15, 0.2) is 0 Å². The summed E-state index contributed by atoms with van der Waals surface area (Å²) in [6, 6.07) is 5.37. The first-order chi connectivity index (χ1) is 12.1. The molecular weight excluding hydrogens is 340 g/mol. The van der Waals surface area contributed by atoms with E-state index in [4.69, 9.17) is 16.3 Å². The maximum atomic E-state index is 13.0. The standard InChI is InChI=1S/C19H25ClN2O3/c1-25-17-8-7-14(13-16(17)20)19(24)22-11-3-2-5-15(22)9-12-21-10-4-6-18(21)23/h7-8,13,15H,2-6,9-12H2,1H3/t15-/m1/s1. The van der Waals surface area contributed by atoms with Gasteiger partial charge in [0.2, 0.25) is 5.91 Å². The third-order valence-electron chi connectivity index (χ3n) is 5.19. The van der Waals surface area contributed by atoms with Crippen molar-refractivity contribution in [1.29, 1.82) is 0 Å². The normalized spacial score (nSPS) is 20.9. The molecule has 0 radical (unpaired) electrons. The van der Waals surface area contributed by atoms with Gasteiger partial charge in [0.05, 0.1) is 12.1 Å². The fraction of sp³-hybridized carbons (Fsp3) is 0.579. The first kappa shape index (κ1) is 18.1. The summed E-state index contributed by atoms with van der Waals surface area (Å²) in [6.07, 6.45) is 5.62. The van der Waals surface area contributed by atoms with Crippen LogP contribution in [0.25, 0.3) is 0 Å². The third-order valence-corrected chi connectivity index (χ3v) is 5.49.